The van der Waals surface area contributed by atoms with E-state index >= 15 is 0 Å². The molecule has 3 aromatic rings. The van der Waals surface area contributed by atoms with E-state index in [4.69, 9.17) is 0 Å². The first-order valence-electron chi connectivity index (χ1n) is 9.56. The number of Topliss-reactive ketones (excluding diaryl/α,β-unsaturated/α-hetero) is 1. The molecule has 2 amide bonds. The number of ketones is 1. The third-order valence-electron chi connectivity index (χ3n) is 4.78. The first-order valence-corrected chi connectivity index (χ1v) is 9.56. The molecule has 7 nitrogen and oxygen atoms in total. The van der Waals surface area contributed by atoms with Crippen molar-refractivity contribution in [2.75, 3.05) is 18.9 Å². The van der Waals surface area contributed by atoms with Crippen LogP contribution in [0.25, 0.3) is 5.69 Å². The van der Waals surface area contributed by atoms with Crippen LogP contribution >= 0.6 is 0 Å². The lowest BCUT2D eigenvalue weighted by atomic mass is 10.1. The minimum Gasteiger partial charge on any atom is -0.330 e. The molecule has 1 heterocycles. The zero-order valence-electron chi connectivity index (χ0n) is 17.5. The highest BCUT2D eigenvalue weighted by molar-refractivity contribution is 6.43. The predicted octanol–water partition coefficient (Wildman–Crippen LogP) is 3.08. The molecule has 30 heavy (non-hydrogen) atoms. The molecule has 0 fully saturated rings. The van der Waals surface area contributed by atoms with Crippen molar-refractivity contribution >= 4 is 23.3 Å². The number of carbonyl (C=O) groups is 3. The van der Waals surface area contributed by atoms with E-state index < -0.39 is 11.7 Å². The molecule has 0 radical (unpaired) electrons. The topological polar surface area (TPSA) is 84.3 Å². The Labute approximate surface area is 175 Å². The molecule has 3 rings (SSSR count). The Morgan fingerprint density at radius 1 is 0.967 bits per heavy atom. The fraction of sp³-hybridized carbons (Fsp3) is 0.217. The molecule has 0 saturated carbocycles. The number of carbonyl (C=O) groups excluding carboxylic acids is 3. The normalized spacial score (nSPS) is 10.5. The number of hydrogen-bond acceptors (Lipinski definition) is 4. The summed E-state index contributed by atoms with van der Waals surface area (Å²) < 4.78 is 1.64. The van der Waals surface area contributed by atoms with Crippen LogP contribution in [-0.2, 0) is 9.59 Å². The van der Waals surface area contributed by atoms with Crippen LogP contribution in [0.1, 0.15) is 27.3 Å². The summed E-state index contributed by atoms with van der Waals surface area (Å²) >= 11 is 0. The number of anilines is 1. The van der Waals surface area contributed by atoms with E-state index in [-0.39, 0.29) is 18.0 Å². The van der Waals surface area contributed by atoms with Crippen LogP contribution in [0, 0.1) is 20.8 Å². The van der Waals surface area contributed by atoms with E-state index in [1.807, 2.05) is 49.4 Å². The van der Waals surface area contributed by atoms with Crippen molar-refractivity contribution in [3.05, 3.63) is 77.1 Å². The highest BCUT2D eigenvalue weighted by atomic mass is 16.2. The molecule has 0 aliphatic rings. The van der Waals surface area contributed by atoms with Gasteiger partial charge in [-0.3, -0.25) is 14.4 Å². The summed E-state index contributed by atoms with van der Waals surface area (Å²) in [6, 6.07) is 16.7. The van der Waals surface area contributed by atoms with E-state index in [2.05, 4.69) is 10.4 Å². The fourth-order valence-corrected chi connectivity index (χ4v) is 3.20. The first-order chi connectivity index (χ1) is 14.3. The quantitative estimate of drug-likeness (QED) is 0.505. The summed E-state index contributed by atoms with van der Waals surface area (Å²) in [5, 5.41) is 7.13. The maximum Gasteiger partial charge on any atom is 0.295 e. The molecule has 0 aliphatic heterocycles. The van der Waals surface area contributed by atoms with Gasteiger partial charge in [0.05, 0.1) is 29.2 Å². The number of hydrogen-bond donors (Lipinski definition) is 1. The molecule has 1 aromatic heterocycles. The monoisotopic (exact) mass is 404 g/mol. The number of benzene rings is 2. The number of nitrogens with one attached hydrogen (secondary N) is 1. The van der Waals surface area contributed by atoms with E-state index in [0.29, 0.717) is 17.1 Å². The van der Waals surface area contributed by atoms with Crippen LogP contribution in [0.4, 0.5) is 5.69 Å². The first kappa shape index (κ1) is 21.0. The summed E-state index contributed by atoms with van der Waals surface area (Å²) in [5.74, 6) is -1.82. The van der Waals surface area contributed by atoms with Crippen LogP contribution in [-0.4, -0.2) is 45.9 Å². The van der Waals surface area contributed by atoms with Gasteiger partial charge in [-0.05, 0) is 45.0 Å². The van der Waals surface area contributed by atoms with E-state index in [9.17, 15) is 14.4 Å². The number of para-hydroxylation sites is 1. The highest BCUT2D eigenvalue weighted by Gasteiger charge is 2.28. The van der Waals surface area contributed by atoms with Crippen molar-refractivity contribution in [2.45, 2.75) is 20.8 Å². The van der Waals surface area contributed by atoms with Crippen molar-refractivity contribution in [3.63, 3.8) is 0 Å². The Morgan fingerprint density at radius 2 is 1.60 bits per heavy atom. The van der Waals surface area contributed by atoms with Crippen molar-refractivity contribution in [2.24, 2.45) is 0 Å². The van der Waals surface area contributed by atoms with Crippen LogP contribution in [0.15, 0.2) is 54.6 Å². The third kappa shape index (κ3) is 4.46. The van der Waals surface area contributed by atoms with Gasteiger partial charge in [-0.25, -0.2) is 4.68 Å². The van der Waals surface area contributed by atoms with Crippen LogP contribution in [0.5, 0.6) is 0 Å². The molecule has 0 aliphatic carbocycles. The Hall–Kier alpha value is -3.74. The molecule has 0 bridgehead atoms. The molecule has 0 spiro atoms. The molecule has 7 heteroatoms. The van der Waals surface area contributed by atoms with E-state index in [1.165, 1.54) is 7.05 Å². The summed E-state index contributed by atoms with van der Waals surface area (Å²) in [5.41, 5.74) is 3.81. The van der Waals surface area contributed by atoms with Gasteiger partial charge in [0.1, 0.15) is 0 Å². The minimum atomic E-state index is -0.757. The minimum absolute atomic E-state index is 0.233. The fourth-order valence-electron chi connectivity index (χ4n) is 3.20. The Morgan fingerprint density at radius 3 is 2.23 bits per heavy atom. The zero-order valence-corrected chi connectivity index (χ0v) is 17.5. The van der Waals surface area contributed by atoms with E-state index in [0.717, 1.165) is 16.2 Å². The molecule has 2 aromatic carbocycles. The number of nitrogens with zero attached hydrogens (tertiary/aromatic N) is 3. The van der Waals surface area contributed by atoms with Gasteiger partial charge in [0.15, 0.2) is 0 Å². The maximum atomic E-state index is 12.9. The summed E-state index contributed by atoms with van der Waals surface area (Å²) in [6.45, 7) is 5.16. The van der Waals surface area contributed by atoms with Gasteiger partial charge in [0, 0.05) is 12.7 Å². The molecule has 1 N–H and O–H groups in total. The number of amides is 2. The lowest BCUT2D eigenvalue weighted by Crippen LogP contribution is -2.39. The average Bonchev–Trinajstić information content (AvgIpc) is 3.03. The maximum absolute atomic E-state index is 12.9. The molecular formula is C23H24N4O3. The van der Waals surface area contributed by atoms with Gasteiger partial charge in [0.25, 0.3) is 11.7 Å². The van der Waals surface area contributed by atoms with E-state index in [1.54, 1.807) is 30.7 Å². The standard InChI is InChI=1S/C23H24N4O3/c1-15-10-12-18(13-11-15)24-20(28)14-26(4)23(30)22(29)21-16(2)25-27(17(21)3)19-8-6-5-7-9-19/h5-13H,14H2,1-4H3,(H,24,28). The Balaban J connectivity index is 1.72. The number of aromatic nitrogens is 2. The predicted molar refractivity (Wildman–Crippen MR) is 115 cm³/mol. The Kier molecular flexibility index (Phi) is 6.11. The highest BCUT2D eigenvalue weighted by Crippen LogP contribution is 2.19. The molecule has 0 saturated heterocycles. The van der Waals surface area contributed by atoms with Crippen molar-refractivity contribution in [1.29, 1.82) is 0 Å². The van der Waals surface area contributed by atoms with Gasteiger partial charge in [-0.2, -0.15) is 5.10 Å². The zero-order chi connectivity index (χ0) is 21.8. The van der Waals surface area contributed by atoms with Gasteiger partial charge < -0.3 is 10.2 Å². The second kappa shape index (κ2) is 8.73. The van der Waals surface area contributed by atoms with Crippen molar-refractivity contribution in [3.8, 4) is 5.69 Å². The third-order valence-corrected chi connectivity index (χ3v) is 4.78. The van der Waals surface area contributed by atoms with Crippen molar-refractivity contribution in [1.82, 2.24) is 14.7 Å². The molecule has 0 unspecified atom stereocenters. The second-order valence-electron chi connectivity index (χ2n) is 7.20. The Bertz CT molecular complexity index is 1090. The summed E-state index contributed by atoms with van der Waals surface area (Å²) in [4.78, 5) is 38.9. The van der Waals surface area contributed by atoms with Gasteiger partial charge in [-0.15, -0.1) is 0 Å². The van der Waals surface area contributed by atoms with Gasteiger partial charge in [-0.1, -0.05) is 35.9 Å². The summed E-state index contributed by atoms with van der Waals surface area (Å²) in [6.07, 6.45) is 0. The SMILES string of the molecule is Cc1ccc(NC(=O)CN(C)C(=O)C(=O)c2c(C)nn(-c3ccccc3)c2C)cc1. The van der Waals surface area contributed by atoms with Gasteiger partial charge >= 0.3 is 0 Å². The lowest BCUT2D eigenvalue weighted by Gasteiger charge is -2.16. The van der Waals surface area contributed by atoms with Crippen LogP contribution < -0.4 is 5.32 Å². The lowest BCUT2D eigenvalue weighted by molar-refractivity contribution is -0.129. The largest absolute Gasteiger partial charge is 0.330 e. The van der Waals surface area contributed by atoms with Crippen molar-refractivity contribution < 1.29 is 14.4 Å². The molecular weight excluding hydrogens is 380 g/mol. The molecule has 154 valence electrons. The average molecular weight is 404 g/mol. The van der Waals surface area contributed by atoms with Crippen LogP contribution in [0.2, 0.25) is 0 Å². The number of rotatable bonds is 6. The second-order valence-corrected chi connectivity index (χ2v) is 7.20. The van der Waals surface area contributed by atoms with Crippen LogP contribution in [0.3, 0.4) is 0 Å². The summed E-state index contributed by atoms with van der Waals surface area (Å²) in [7, 11) is 1.43. The number of aryl methyl sites for hydroxylation is 2. The molecule has 0 atom stereocenters. The van der Waals surface area contributed by atoms with Gasteiger partial charge in [0.2, 0.25) is 5.91 Å². The number of likely N-dealkylation sites (N-methyl/N-ethyl adjacent to an activating group) is 1. The smallest absolute Gasteiger partial charge is 0.295 e.